The first kappa shape index (κ1) is 29.5. The van der Waals surface area contributed by atoms with E-state index in [4.69, 9.17) is 9.47 Å². The molecule has 39 heavy (non-hydrogen) atoms. The van der Waals surface area contributed by atoms with Crippen LogP contribution < -0.4 is 19.1 Å². The van der Waals surface area contributed by atoms with Crippen molar-refractivity contribution in [3.8, 4) is 11.5 Å². The maximum Gasteiger partial charge on any atom is 0.244 e. The third-order valence-electron chi connectivity index (χ3n) is 6.45. The van der Waals surface area contributed by atoms with Crippen molar-refractivity contribution in [2.45, 2.75) is 25.9 Å². The van der Waals surface area contributed by atoms with E-state index in [9.17, 15) is 18.0 Å². The Morgan fingerprint density at radius 3 is 2.15 bits per heavy atom. The number of hydrogen-bond donors (Lipinski definition) is 1. The molecular formula is C29H35N3O6S. The zero-order chi connectivity index (χ0) is 28.6. The summed E-state index contributed by atoms with van der Waals surface area (Å²) in [6.45, 7) is 1.54. The third kappa shape index (κ3) is 7.51. The Labute approximate surface area is 230 Å². The first-order chi connectivity index (χ1) is 18.6. The number of carbonyl (C=O) groups is 2. The Balaban J connectivity index is 2.06. The van der Waals surface area contributed by atoms with Gasteiger partial charge < -0.3 is 19.7 Å². The average molecular weight is 554 g/mol. The Morgan fingerprint density at radius 2 is 1.56 bits per heavy atom. The molecule has 208 valence electrons. The van der Waals surface area contributed by atoms with Crippen molar-refractivity contribution in [2.75, 3.05) is 38.4 Å². The number of aryl methyl sites for hydroxylation is 1. The molecule has 0 saturated heterocycles. The van der Waals surface area contributed by atoms with Gasteiger partial charge in [0.2, 0.25) is 21.8 Å². The molecule has 0 aliphatic carbocycles. The molecule has 0 spiro atoms. The molecule has 3 aromatic carbocycles. The van der Waals surface area contributed by atoms with Gasteiger partial charge in [-0.05, 0) is 35.7 Å². The molecule has 0 radical (unpaired) electrons. The third-order valence-corrected chi connectivity index (χ3v) is 7.59. The minimum Gasteiger partial charge on any atom is -0.493 e. The molecule has 0 aliphatic heterocycles. The highest BCUT2D eigenvalue weighted by atomic mass is 32.2. The van der Waals surface area contributed by atoms with Crippen molar-refractivity contribution in [2.24, 2.45) is 0 Å². The number of nitrogens with one attached hydrogen (secondary N) is 1. The summed E-state index contributed by atoms with van der Waals surface area (Å²) in [6, 6.07) is 20.7. The fraction of sp³-hybridized carbons (Fsp3) is 0.310. The van der Waals surface area contributed by atoms with E-state index >= 15 is 0 Å². The predicted molar refractivity (Wildman–Crippen MR) is 151 cm³/mol. The van der Waals surface area contributed by atoms with Crippen molar-refractivity contribution >= 4 is 27.5 Å². The van der Waals surface area contributed by atoms with Gasteiger partial charge in [0.15, 0.2) is 11.5 Å². The smallest absolute Gasteiger partial charge is 0.244 e. The molecule has 9 nitrogen and oxygen atoms in total. The lowest BCUT2D eigenvalue weighted by atomic mass is 10.0. The molecule has 0 saturated carbocycles. The average Bonchev–Trinajstić information content (AvgIpc) is 2.93. The summed E-state index contributed by atoms with van der Waals surface area (Å²) in [7, 11) is 0.544. The van der Waals surface area contributed by atoms with Crippen LogP contribution in [0, 0.1) is 6.92 Å². The van der Waals surface area contributed by atoms with Gasteiger partial charge in [-0.3, -0.25) is 13.9 Å². The lowest BCUT2D eigenvalue weighted by Crippen LogP contribution is -2.53. The van der Waals surface area contributed by atoms with Gasteiger partial charge in [0, 0.05) is 26.1 Å². The van der Waals surface area contributed by atoms with Crippen LogP contribution in [-0.2, 0) is 32.6 Å². The number of methoxy groups -OCH3 is 2. The number of sulfonamides is 1. The van der Waals surface area contributed by atoms with E-state index in [0.29, 0.717) is 11.5 Å². The Bertz CT molecular complexity index is 1400. The fourth-order valence-electron chi connectivity index (χ4n) is 4.29. The fourth-order valence-corrected chi connectivity index (χ4v) is 5.13. The molecule has 3 rings (SSSR count). The van der Waals surface area contributed by atoms with E-state index in [0.717, 1.165) is 27.3 Å². The van der Waals surface area contributed by atoms with Gasteiger partial charge in [-0.1, -0.05) is 54.6 Å². The van der Waals surface area contributed by atoms with Crippen LogP contribution in [0.2, 0.25) is 0 Å². The van der Waals surface area contributed by atoms with E-state index in [1.165, 1.54) is 32.2 Å². The first-order valence-corrected chi connectivity index (χ1v) is 14.2. The molecular weight excluding hydrogens is 518 g/mol. The quantitative estimate of drug-likeness (QED) is 0.370. The maximum absolute atomic E-state index is 14.0. The summed E-state index contributed by atoms with van der Waals surface area (Å²) in [5, 5.41) is 2.67. The largest absolute Gasteiger partial charge is 0.493 e. The van der Waals surface area contributed by atoms with Crippen LogP contribution in [0.25, 0.3) is 0 Å². The van der Waals surface area contributed by atoms with Crippen LogP contribution in [0.1, 0.15) is 16.7 Å². The molecule has 3 aromatic rings. The van der Waals surface area contributed by atoms with Gasteiger partial charge in [0.25, 0.3) is 0 Å². The lowest BCUT2D eigenvalue weighted by molar-refractivity contribution is -0.139. The van der Waals surface area contributed by atoms with Crippen LogP contribution >= 0.6 is 0 Å². The second-order valence-corrected chi connectivity index (χ2v) is 11.0. The Morgan fingerprint density at radius 1 is 0.923 bits per heavy atom. The molecule has 1 atom stereocenters. The van der Waals surface area contributed by atoms with Crippen LogP contribution in [0.5, 0.6) is 11.5 Å². The number of ether oxygens (including phenoxy) is 2. The predicted octanol–water partition coefficient (Wildman–Crippen LogP) is 3.16. The van der Waals surface area contributed by atoms with E-state index in [1.807, 2.05) is 61.5 Å². The number of carbonyl (C=O) groups excluding carboxylic acids is 2. The van der Waals surface area contributed by atoms with Gasteiger partial charge in [0.1, 0.15) is 12.6 Å². The van der Waals surface area contributed by atoms with E-state index < -0.39 is 28.5 Å². The van der Waals surface area contributed by atoms with Crippen molar-refractivity contribution in [1.29, 1.82) is 0 Å². The number of likely N-dealkylation sites (N-methyl/N-ethyl adjacent to an activating group) is 1. The standard InChI is InChI=1S/C29H35N3O6S/c1-21-11-9-10-14-23(21)19-31(25(29(34)30-2)17-22-12-7-6-8-13-22)28(33)20-32(39(5,35)36)24-15-16-26(37-3)27(18-24)38-4/h6-16,18,25H,17,19-20H2,1-5H3,(H,30,34)/t25-/m1/s1. The van der Waals surface area contributed by atoms with Gasteiger partial charge in [-0.2, -0.15) is 0 Å². The second-order valence-electron chi connectivity index (χ2n) is 9.08. The number of rotatable bonds is 12. The van der Waals surface area contributed by atoms with Gasteiger partial charge in [0.05, 0.1) is 26.2 Å². The van der Waals surface area contributed by atoms with Crippen LogP contribution in [0.4, 0.5) is 5.69 Å². The molecule has 2 amide bonds. The van der Waals surface area contributed by atoms with E-state index in [2.05, 4.69) is 5.32 Å². The molecule has 0 unspecified atom stereocenters. The summed E-state index contributed by atoms with van der Waals surface area (Å²) in [6.07, 6.45) is 1.29. The van der Waals surface area contributed by atoms with E-state index in [-0.39, 0.29) is 24.6 Å². The summed E-state index contributed by atoms with van der Waals surface area (Å²) in [5.41, 5.74) is 2.91. The molecule has 10 heteroatoms. The summed E-state index contributed by atoms with van der Waals surface area (Å²) in [4.78, 5) is 28.6. The highest BCUT2D eigenvalue weighted by Crippen LogP contribution is 2.32. The summed E-state index contributed by atoms with van der Waals surface area (Å²) in [5.74, 6) is -0.134. The molecule has 0 aliphatic rings. The highest BCUT2D eigenvalue weighted by molar-refractivity contribution is 7.92. The second kappa shape index (κ2) is 13.1. The van der Waals surface area contributed by atoms with Crippen LogP contribution in [0.3, 0.4) is 0 Å². The summed E-state index contributed by atoms with van der Waals surface area (Å²) >= 11 is 0. The summed E-state index contributed by atoms with van der Waals surface area (Å²) < 4.78 is 37.4. The lowest BCUT2D eigenvalue weighted by Gasteiger charge is -2.33. The number of benzene rings is 3. The monoisotopic (exact) mass is 553 g/mol. The molecule has 0 fully saturated rings. The number of nitrogens with zero attached hydrogens (tertiary/aromatic N) is 2. The maximum atomic E-state index is 14.0. The first-order valence-electron chi connectivity index (χ1n) is 12.4. The van der Waals surface area contributed by atoms with Crippen molar-refractivity contribution < 1.29 is 27.5 Å². The highest BCUT2D eigenvalue weighted by Gasteiger charge is 2.33. The van der Waals surface area contributed by atoms with E-state index in [1.54, 1.807) is 12.1 Å². The topological polar surface area (TPSA) is 105 Å². The Hall–Kier alpha value is -4.05. The van der Waals surface area contributed by atoms with Crippen LogP contribution in [0.15, 0.2) is 72.8 Å². The zero-order valence-electron chi connectivity index (χ0n) is 22.9. The molecule has 1 N–H and O–H groups in total. The van der Waals surface area contributed by atoms with Gasteiger partial charge >= 0.3 is 0 Å². The minimum absolute atomic E-state index is 0.125. The molecule has 0 bridgehead atoms. The van der Waals surface area contributed by atoms with Gasteiger partial charge in [-0.25, -0.2) is 8.42 Å². The normalized spacial score (nSPS) is 11.8. The minimum atomic E-state index is -3.89. The Kier molecular flexibility index (Phi) is 9.95. The number of amides is 2. The van der Waals surface area contributed by atoms with Crippen molar-refractivity contribution in [3.05, 3.63) is 89.5 Å². The number of anilines is 1. The molecule has 0 heterocycles. The zero-order valence-corrected chi connectivity index (χ0v) is 23.7. The van der Waals surface area contributed by atoms with Crippen LogP contribution in [-0.4, -0.2) is 65.2 Å². The SMILES string of the molecule is CNC(=O)[C@@H](Cc1ccccc1)N(Cc1ccccc1C)C(=O)CN(c1ccc(OC)c(OC)c1)S(C)(=O)=O. The van der Waals surface area contributed by atoms with Crippen molar-refractivity contribution in [3.63, 3.8) is 0 Å². The molecule has 0 aromatic heterocycles. The van der Waals surface area contributed by atoms with Crippen molar-refractivity contribution in [1.82, 2.24) is 10.2 Å². The van der Waals surface area contributed by atoms with Gasteiger partial charge in [-0.15, -0.1) is 0 Å². The number of hydrogen-bond acceptors (Lipinski definition) is 6.